The fourth-order valence-electron chi connectivity index (χ4n) is 1.06. The molecular weight excluding hydrogens is 214 g/mol. The Balaban J connectivity index is 2.93. The Kier molecular flexibility index (Phi) is 1.74. The molecule has 0 saturated heterocycles. The van der Waals surface area contributed by atoms with Gasteiger partial charge in [0.1, 0.15) is 0 Å². The number of nitrogens with zero attached hydrogens (tertiary/aromatic N) is 3. The lowest BCUT2D eigenvalue weighted by atomic mass is 10.2. The smallest absolute Gasteiger partial charge is 0.342 e. The minimum absolute atomic E-state index is 0.0457. The topological polar surface area (TPSA) is 102 Å². The molecule has 7 nitrogen and oxygen atoms in total. The average Bonchev–Trinajstić information content (AvgIpc) is 2.51. The molecule has 0 amide bonds. The molecule has 1 N–H and O–H groups in total. The normalized spacial score (nSPS) is 10.6. The molecule has 0 aliphatic rings. The lowest BCUT2D eigenvalue weighted by Gasteiger charge is -1.95. The van der Waals surface area contributed by atoms with Crippen LogP contribution in [0.25, 0.3) is 11.0 Å². The minimum atomic E-state index is -0.780. The van der Waals surface area contributed by atoms with Gasteiger partial charge in [-0.15, -0.1) is 0 Å². The van der Waals surface area contributed by atoms with Crippen LogP contribution in [0.15, 0.2) is 10.7 Å². The quantitative estimate of drug-likeness (QED) is 0.571. The summed E-state index contributed by atoms with van der Waals surface area (Å²) in [6.07, 6.45) is 0. The van der Waals surface area contributed by atoms with Gasteiger partial charge in [0.15, 0.2) is 11.3 Å². The highest BCUT2D eigenvalue weighted by molar-refractivity contribution is 6.35. The van der Waals surface area contributed by atoms with Crippen LogP contribution >= 0.6 is 11.6 Å². The molecule has 2 rings (SSSR count). The summed E-state index contributed by atoms with van der Waals surface area (Å²) >= 11 is 5.64. The number of halogens is 1. The van der Waals surface area contributed by atoms with Gasteiger partial charge in [-0.25, -0.2) is 4.63 Å². The number of hydrogen-bond donors (Lipinski definition) is 1. The monoisotopic (exact) mass is 215 g/mol. The second-order valence-corrected chi connectivity index (χ2v) is 2.85. The molecule has 14 heavy (non-hydrogen) atoms. The molecule has 0 radical (unpaired) electrons. The molecule has 0 unspecified atom stereocenters. The van der Waals surface area contributed by atoms with Gasteiger partial charge in [-0.3, -0.25) is 10.1 Å². The van der Waals surface area contributed by atoms with Crippen LogP contribution in [0.5, 0.6) is 5.75 Å². The van der Waals surface area contributed by atoms with Gasteiger partial charge in [0.05, 0.1) is 9.95 Å². The molecule has 1 aromatic heterocycles. The SMILES string of the molecule is O=[N+]([O-])c1c(O)cc(Cl)c2nonc12. The standard InChI is InChI=1S/C6H2ClN3O4/c7-2-1-3(11)6(10(12)13)5-4(2)8-14-9-5/h1,11H. The van der Waals surface area contributed by atoms with Crippen molar-refractivity contribution in [2.45, 2.75) is 0 Å². The first-order chi connectivity index (χ1) is 6.61. The third-order valence-corrected chi connectivity index (χ3v) is 1.92. The second kappa shape index (κ2) is 2.81. The number of aromatic hydroxyl groups is 1. The van der Waals surface area contributed by atoms with Gasteiger partial charge in [0, 0.05) is 6.07 Å². The maximum absolute atomic E-state index is 10.5. The Morgan fingerprint density at radius 1 is 1.50 bits per heavy atom. The first-order valence-electron chi connectivity index (χ1n) is 3.39. The average molecular weight is 216 g/mol. The fourth-order valence-corrected chi connectivity index (χ4v) is 1.29. The summed E-state index contributed by atoms with van der Waals surface area (Å²) < 4.78 is 4.29. The maximum atomic E-state index is 10.5. The van der Waals surface area contributed by atoms with Crippen LogP contribution < -0.4 is 0 Å². The van der Waals surface area contributed by atoms with Crippen molar-refractivity contribution in [1.82, 2.24) is 10.3 Å². The lowest BCUT2D eigenvalue weighted by Crippen LogP contribution is -1.90. The zero-order valence-electron chi connectivity index (χ0n) is 6.47. The largest absolute Gasteiger partial charge is 0.502 e. The van der Waals surface area contributed by atoms with E-state index in [2.05, 4.69) is 14.9 Å². The predicted molar refractivity (Wildman–Crippen MR) is 45.1 cm³/mol. The van der Waals surface area contributed by atoms with Crippen molar-refractivity contribution in [2.24, 2.45) is 0 Å². The Labute approximate surface area is 81.0 Å². The van der Waals surface area contributed by atoms with Gasteiger partial charge < -0.3 is 5.11 Å². The highest BCUT2D eigenvalue weighted by atomic mass is 35.5. The van der Waals surface area contributed by atoms with Gasteiger partial charge in [0.25, 0.3) is 0 Å². The first-order valence-corrected chi connectivity index (χ1v) is 3.77. The molecule has 0 aliphatic heterocycles. The lowest BCUT2D eigenvalue weighted by molar-refractivity contribution is -0.384. The van der Waals surface area contributed by atoms with E-state index in [4.69, 9.17) is 11.6 Å². The molecule has 1 heterocycles. The Hall–Kier alpha value is -1.89. The summed E-state index contributed by atoms with van der Waals surface area (Å²) in [4.78, 5) is 9.76. The Bertz CT molecular complexity index is 523. The Morgan fingerprint density at radius 2 is 2.14 bits per heavy atom. The van der Waals surface area contributed by atoms with Crippen LogP contribution in [-0.2, 0) is 0 Å². The van der Waals surface area contributed by atoms with Crippen LogP contribution in [0, 0.1) is 10.1 Å². The van der Waals surface area contributed by atoms with Crippen molar-refractivity contribution in [2.75, 3.05) is 0 Å². The molecule has 0 aliphatic carbocycles. The Morgan fingerprint density at radius 3 is 2.79 bits per heavy atom. The number of nitro benzene ring substituents is 1. The maximum Gasteiger partial charge on any atom is 0.342 e. The minimum Gasteiger partial charge on any atom is -0.502 e. The van der Waals surface area contributed by atoms with Crippen molar-refractivity contribution in [1.29, 1.82) is 0 Å². The highest BCUT2D eigenvalue weighted by Gasteiger charge is 2.24. The van der Waals surface area contributed by atoms with Gasteiger partial charge in [0.2, 0.25) is 5.52 Å². The fraction of sp³-hybridized carbons (Fsp3) is 0. The van der Waals surface area contributed by atoms with E-state index < -0.39 is 16.4 Å². The van der Waals surface area contributed by atoms with Crippen molar-refractivity contribution in [3.05, 3.63) is 21.2 Å². The van der Waals surface area contributed by atoms with E-state index in [9.17, 15) is 15.2 Å². The van der Waals surface area contributed by atoms with Crippen LogP contribution in [-0.4, -0.2) is 20.3 Å². The van der Waals surface area contributed by atoms with Crippen molar-refractivity contribution >= 4 is 28.3 Å². The van der Waals surface area contributed by atoms with E-state index in [-0.39, 0.29) is 16.1 Å². The molecule has 2 aromatic rings. The van der Waals surface area contributed by atoms with Crippen molar-refractivity contribution in [3.8, 4) is 5.75 Å². The highest BCUT2D eigenvalue weighted by Crippen LogP contribution is 2.36. The number of phenolic OH excluding ortho intramolecular Hbond substituents is 1. The van der Waals surface area contributed by atoms with Crippen LogP contribution in [0.1, 0.15) is 0 Å². The van der Waals surface area contributed by atoms with Crippen molar-refractivity contribution < 1.29 is 14.7 Å². The number of hydrogen-bond acceptors (Lipinski definition) is 6. The van der Waals surface area contributed by atoms with E-state index in [0.29, 0.717) is 0 Å². The predicted octanol–water partition coefficient (Wildman–Crippen LogP) is 1.49. The summed E-state index contributed by atoms with van der Waals surface area (Å²) in [5.74, 6) is -0.566. The zero-order chi connectivity index (χ0) is 10.3. The number of nitro groups is 1. The van der Waals surface area contributed by atoms with E-state index in [1.807, 2.05) is 0 Å². The molecule has 72 valence electrons. The third-order valence-electron chi connectivity index (χ3n) is 1.63. The zero-order valence-corrected chi connectivity index (χ0v) is 7.22. The van der Waals surface area contributed by atoms with Crippen LogP contribution in [0.4, 0.5) is 5.69 Å². The molecule has 0 saturated carbocycles. The molecule has 0 fully saturated rings. The number of fused-ring (bicyclic) bond motifs is 1. The molecule has 0 spiro atoms. The summed E-state index contributed by atoms with van der Waals surface area (Å²) in [6.45, 7) is 0. The van der Waals surface area contributed by atoms with Crippen LogP contribution in [0.3, 0.4) is 0 Å². The van der Waals surface area contributed by atoms with Gasteiger partial charge in [-0.05, 0) is 10.3 Å². The molecular formula is C6H2ClN3O4. The number of phenols is 1. The van der Waals surface area contributed by atoms with Gasteiger partial charge in [-0.2, -0.15) is 0 Å². The van der Waals surface area contributed by atoms with Crippen LogP contribution in [0.2, 0.25) is 5.02 Å². The van der Waals surface area contributed by atoms with Gasteiger partial charge in [-0.1, -0.05) is 11.6 Å². The summed E-state index contributed by atoms with van der Waals surface area (Å²) in [5, 5.41) is 26.5. The molecule has 0 atom stereocenters. The first kappa shape index (κ1) is 8.70. The number of benzene rings is 1. The van der Waals surface area contributed by atoms with E-state index in [1.54, 1.807) is 0 Å². The number of rotatable bonds is 1. The van der Waals surface area contributed by atoms with E-state index in [0.717, 1.165) is 6.07 Å². The summed E-state index contributed by atoms with van der Waals surface area (Å²) in [7, 11) is 0. The third kappa shape index (κ3) is 1.06. The second-order valence-electron chi connectivity index (χ2n) is 2.44. The van der Waals surface area contributed by atoms with E-state index >= 15 is 0 Å². The van der Waals surface area contributed by atoms with Gasteiger partial charge >= 0.3 is 5.69 Å². The molecule has 8 heteroatoms. The molecule has 0 bridgehead atoms. The number of aromatic nitrogens is 2. The summed E-state index contributed by atoms with van der Waals surface area (Å²) in [6, 6.07) is 1.02. The molecule has 1 aromatic carbocycles. The summed E-state index contributed by atoms with van der Waals surface area (Å²) in [5.41, 5.74) is -0.679. The van der Waals surface area contributed by atoms with Crippen molar-refractivity contribution in [3.63, 3.8) is 0 Å². The van der Waals surface area contributed by atoms with E-state index in [1.165, 1.54) is 0 Å².